The Morgan fingerprint density at radius 3 is 2.62 bits per heavy atom. The van der Waals surface area contributed by atoms with Gasteiger partial charge in [0.25, 0.3) is 0 Å². The van der Waals surface area contributed by atoms with Crippen LogP contribution in [0.3, 0.4) is 0 Å². The van der Waals surface area contributed by atoms with E-state index in [1.54, 1.807) is 0 Å². The number of furan rings is 1. The van der Waals surface area contributed by atoms with Crippen LogP contribution in [0.15, 0.2) is 52.9 Å². The van der Waals surface area contributed by atoms with Crippen molar-refractivity contribution in [3.63, 3.8) is 0 Å². The topological polar surface area (TPSA) is 25.2 Å². The number of rotatable bonds is 3. The van der Waals surface area contributed by atoms with Crippen LogP contribution in [-0.4, -0.2) is 11.6 Å². The zero-order chi connectivity index (χ0) is 14.8. The van der Waals surface area contributed by atoms with E-state index in [1.807, 2.05) is 18.2 Å². The van der Waals surface area contributed by atoms with Gasteiger partial charge in [0.15, 0.2) is 0 Å². The van der Waals surface area contributed by atoms with Gasteiger partial charge >= 0.3 is 0 Å². The lowest BCUT2D eigenvalue weighted by molar-refractivity contribution is 0.629. The molecule has 0 saturated carbocycles. The van der Waals surface area contributed by atoms with Gasteiger partial charge in [0, 0.05) is 16.6 Å². The van der Waals surface area contributed by atoms with Crippen LogP contribution in [0.2, 0.25) is 0 Å². The van der Waals surface area contributed by atoms with E-state index < -0.39 is 0 Å². The lowest BCUT2D eigenvalue weighted by atomic mass is 10.1. The fourth-order valence-electron chi connectivity index (χ4n) is 2.16. The fraction of sp³-hybridized carbons (Fsp3) is 0.118. The largest absolute Gasteiger partial charge is 0.455 e. The zero-order valence-corrected chi connectivity index (χ0v) is 14.9. The Balaban J connectivity index is 2.07. The number of hydrogen-bond acceptors (Lipinski definition) is 2. The first kappa shape index (κ1) is 14.7. The number of fused-ring (bicyclic) bond motifs is 1. The highest BCUT2D eigenvalue weighted by molar-refractivity contribution is 14.1. The van der Waals surface area contributed by atoms with E-state index in [0.29, 0.717) is 0 Å². The Morgan fingerprint density at radius 2 is 1.90 bits per heavy atom. The maximum atomic E-state index is 6.03. The Labute approximate surface area is 140 Å². The molecule has 0 spiro atoms. The molecular formula is C17H16INOS. The number of halogens is 1. The van der Waals surface area contributed by atoms with Gasteiger partial charge in [-0.25, -0.2) is 0 Å². The molecule has 0 aliphatic heterocycles. The van der Waals surface area contributed by atoms with Gasteiger partial charge in [-0.2, -0.15) is 0 Å². The molecule has 3 rings (SSSR count). The van der Waals surface area contributed by atoms with Gasteiger partial charge in [0.1, 0.15) is 11.3 Å². The minimum absolute atomic E-state index is 0.0827. The molecule has 21 heavy (non-hydrogen) atoms. The van der Waals surface area contributed by atoms with E-state index in [-0.39, 0.29) is 10.7 Å². The van der Waals surface area contributed by atoms with E-state index in [1.165, 1.54) is 0 Å². The molecule has 2 aromatic carbocycles. The van der Waals surface area contributed by atoms with E-state index >= 15 is 0 Å². The van der Waals surface area contributed by atoms with Crippen molar-refractivity contribution >= 4 is 55.3 Å². The van der Waals surface area contributed by atoms with Crippen LogP contribution in [0, 0.1) is 3.57 Å². The summed E-state index contributed by atoms with van der Waals surface area (Å²) in [6.07, 6.45) is 2.17. The van der Waals surface area contributed by atoms with Gasteiger partial charge in [-0.1, -0.05) is 30.3 Å². The van der Waals surface area contributed by atoms with Crippen molar-refractivity contribution in [3.05, 3.63) is 52.1 Å². The molecule has 1 N–H and O–H groups in total. The fourth-order valence-corrected chi connectivity index (χ4v) is 3.52. The van der Waals surface area contributed by atoms with Crippen LogP contribution >= 0.6 is 33.3 Å². The van der Waals surface area contributed by atoms with Crippen molar-refractivity contribution in [3.8, 4) is 11.3 Å². The van der Waals surface area contributed by atoms with E-state index in [2.05, 4.69) is 76.2 Å². The van der Waals surface area contributed by atoms with Crippen LogP contribution in [0.1, 0.15) is 6.92 Å². The van der Waals surface area contributed by atoms with E-state index in [4.69, 9.17) is 4.42 Å². The van der Waals surface area contributed by atoms with Crippen molar-refractivity contribution in [2.24, 2.45) is 0 Å². The van der Waals surface area contributed by atoms with Gasteiger partial charge in [-0.05, 0) is 59.3 Å². The summed E-state index contributed by atoms with van der Waals surface area (Å²) in [5.74, 6) is 0.915. The van der Waals surface area contributed by atoms with Gasteiger partial charge < -0.3 is 9.14 Å². The number of nitrogens with one attached hydrogen (secondary N) is 1. The number of benzene rings is 2. The third kappa shape index (κ3) is 3.16. The third-order valence-corrected chi connectivity index (χ3v) is 5.33. The third-order valence-electron chi connectivity index (χ3n) is 3.26. The van der Waals surface area contributed by atoms with Crippen LogP contribution < -0.4 is 4.72 Å². The molecule has 1 aromatic heterocycles. The monoisotopic (exact) mass is 409 g/mol. The molecule has 3 aromatic rings. The normalized spacial score (nSPS) is 12.7. The van der Waals surface area contributed by atoms with Gasteiger partial charge in [0.2, 0.25) is 0 Å². The zero-order valence-electron chi connectivity index (χ0n) is 11.9. The summed E-state index contributed by atoms with van der Waals surface area (Å²) in [5.41, 5.74) is 3.20. The average Bonchev–Trinajstić information content (AvgIpc) is 2.92. The van der Waals surface area contributed by atoms with Crippen LogP contribution in [-0.2, 0) is 0 Å². The molecule has 0 amide bonds. The van der Waals surface area contributed by atoms with Crippen LogP contribution in [0.25, 0.3) is 22.3 Å². The molecule has 0 fully saturated rings. The Kier molecular flexibility index (Phi) is 4.35. The molecule has 2 nitrogen and oxygen atoms in total. The SMILES string of the molecule is C/C=S(/C)Nc1cc(I)c2oc(-c3ccccc3)cc2c1. The second kappa shape index (κ2) is 6.23. The summed E-state index contributed by atoms with van der Waals surface area (Å²) < 4.78 is 10.7. The predicted molar refractivity (Wildman–Crippen MR) is 103 cm³/mol. The maximum absolute atomic E-state index is 6.03. The van der Waals surface area contributed by atoms with Gasteiger partial charge in [0.05, 0.1) is 3.57 Å². The molecular weight excluding hydrogens is 393 g/mol. The lowest BCUT2D eigenvalue weighted by Crippen LogP contribution is -1.90. The summed E-state index contributed by atoms with van der Waals surface area (Å²) in [7, 11) is 0.0827. The van der Waals surface area contributed by atoms with Crippen LogP contribution in [0.4, 0.5) is 5.69 Å². The average molecular weight is 409 g/mol. The van der Waals surface area contributed by atoms with Crippen molar-refractivity contribution < 1.29 is 4.42 Å². The molecule has 0 radical (unpaired) electrons. The summed E-state index contributed by atoms with van der Waals surface area (Å²) in [6.45, 7) is 2.07. The highest BCUT2D eigenvalue weighted by Crippen LogP contribution is 2.33. The molecule has 0 aliphatic rings. The Bertz CT molecular complexity index is 808. The molecule has 1 atom stereocenters. The lowest BCUT2D eigenvalue weighted by Gasteiger charge is -2.07. The molecule has 0 saturated heterocycles. The van der Waals surface area contributed by atoms with Gasteiger partial charge in [-0.15, -0.1) is 10.7 Å². The molecule has 1 heterocycles. The van der Waals surface area contributed by atoms with Crippen molar-refractivity contribution in [1.82, 2.24) is 0 Å². The highest BCUT2D eigenvalue weighted by Gasteiger charge is 2.10. The minimum atomic E-state index is 0.0827. The second-order valence-electron chi connectivity index (χ2n) is 4.75. The highest BCUT2D eigenvalue weighted by atomic mass is 127. The van der Waals surface area contributed by atoms with Crippen molar-refractivity contribution in [1.29, 1.82) is 0 Å². The molecule has 4 heteroatoms. The molecule has 1 unspecified atom stereocenters. The predicted octanol–water partition coefficient (Wildman–Crippen LogP) is 5.75. The molecule has 0 aliphatic carbocycles. The number of hydrogen-bond donors (Lipinski definition) is 1. The summed E-state index contributed by atoms with van der Waals surface area (Å²) in [4.78, 5) is 0. The molecule has 0 bridgehead atoms. The standard InChI is InChI=1S/C17H16INOS/c1-3-21(2)19-14-9-13-10-16(12-7-5-4-6-8-12)20-17(13)15(18)11-14/h3-11,19H,1-2H3. The first-order valence-electron chi connectivity index (χ1n) is 6.67. The first-order chi connectivity index (χ1) is 10.2. The summed E-state index contributed by atoms with van der Waals surface area (Å²) >= 11 is 2.33. The smallest absolute Gasteiger partial charge is 0.148 e. The minimum Gasteiger partial charge on any atom is -0.455 e. The van der Waals surface area contributed by atoms with E-state index in [0.717, 1.165) is 31.6 Å². The summed E-state index contributed by atoms with van der Waals surface area (Å²) in [6, 6.07) is 16.6. The first-order valence-corrected chi connectivity index (χ1v) is 9.44. The van der Waals surface area contributed by atoms with E-state index in [9.17, 15) is 0 Å². The number of anilines is 1. The summed E-state index contributed by atoms with van der Waals surface area (Å²) in [5, 5.41) is 3.30. The Hall–Kier alpha value is -1.27. The molecule has 108 valence electrons. The maximum Gasteiger partial charge on any atom is 0.148 e. The van der Waals surface area contributed by atoms with Crippen LogP contribution in [0.5, 0.6) is 0 Å². The Morgan fingerprint density at radius 1 is 1.14 bits per heavy atom. The van der Waals surface area contributed by atoms with Crippen molar-refractivity contribution in [2.45, 2.75) is 6.92 Å². The second-order valence-corrected chi connectivity index (χ2v) is 7.70. The van der Waals surface area contributed by atoms with Gasteiger partial charge in [-0.3, -0.25) is 0 Å². The quantitative estimate of drug-likeness (QED) is 0.440. The van der Waals surface area contributed by atoms with Crippen molar-refractivity contribution in [2.75, 3.05) is 11.0 Å².